The summed E-state index contributed by atoms with van der Waals surface area (Å²) < 4.78 is 5.10. The number of rotatable bonds is 9. The minimum Gasteiger partial charge on any atom is -0.481 e. The van der Waals surface area contributed by atoms with Crippen LogP contribution >= 0.6 is 11.8 Å². The first kappa shape index (κ1) is 19.8. The third kappa shape index (κ3) is 6.78. The monoisotopic (exact) mass is 346 g/mol. The number of carbonyl (C=O) groups is 3. The summed E-state index contributed by atoms with van der Waals surface area (Å²) in [6, 6.07) is -2.00. The number of amides is 1. The molecule has 1 saturated carbocycles. The van der Waals surface area contributed by atoms with Gasteiger partial charge in [-0.2, -0.15) is 11.8 Å². The summed E-state index contributed by atoms with van der Waals surface area (Å²) in [7, 11) is 0. The van der Waals surface area contributed by atoms with E-state index in [-0.39, 0.29) is 11.4 Å². The molecule has 0 bridgehead atoms. The summed E-state index contributed by atoms with van der Waals surface area (Å²) in [5, 5.41) is 11.2. The molecule has 0 spiro atoms. The van der Waals surface area contributed by atoms with Gasteiger partial charge in [-0.15, -0.1) is 0 Å². The standard InChI is InChI=1S/C15H26N2O5S/c1-3-22-14(21)11(9-23-15(2)6-4-5-7-15)17-13(20)10(16)8-12(18)19/h10-11H,3-9,16H2,1-2H3,(H,17,20)(H,18,19)/t10-,11-/m0/s1. The SMILES string of the molecule is CCOC(=O)[C@H](CSC1(C)CCCC1)NC(=O)[C@@H](N)CC(=O)O. The first-order valence-electron chi connectivity index (χ1n) is 7.86. The first-order chi connectivity index (χ1) is 10.8. The zero-order chi connectivity index (χ0) is 17.5. The summed E-state index contributed by atoms with van der Waals surface area (Å²) in [6.45, 7) is 4.07. The van der Waals surface area contributed by atoms with Crippen molar-refractivity contribution in [2.75, 3.05) is 12.4 Å². The number of hydrogen-bond acceptors (Lipinski definition) is 6. The van der Waals surface area contributed by atoms with E-state index < -0.39 is 36.4 Å². The van der Waals surface area contributed by atoms with E-state index in [0.29, 0.717) is 5.75 Å². The molecule has 1 fully saturated rings. The van der Waals surface area contributed by atoms with Gasteiger partial charge in [0.1, 0.15) is 6.04 Å². The second-order valence-corrected chi connectivity index (χ2v) is 7.59. The van der Waals surface area contributed by atoms with Crippen molar-refractivity contribution >= 4 is 29.6 Å². The molecule has 2 atom stereocenters. The van der Waals surface area contributed by atoms with Crippen LogP contribution in [0.4, 0.5) is 0 Å². The predicted molar refractivity (Wildman–Crippen MR) is 88.1 cm³/mol. The van der Waals surface area contributed by atoms with Crippen LogP contribution in [0.15, 0.2) is 0 Å². The minimum atomic E-state index is -1.18. The van der Waals surface area contributed by atoms with E-state index in [9.17, 15) is 14.4 Å². The number of nitrogens with two attached hydrogens (primary N) is 1. The highest BCUT2D eigenvalue weighted by Gasteiger charge is 2.33. The fourth-order valence-electron chi connectivity index (χ4n) is 2.52. The molecule has 8 heteroatoms. The number of hydrogen-bond donors (Lipinski definition) is 3. The molecule has 7 nitrogen and oxygen atoms in total. The first-order valence-corrected chi connectivity index (χ1v) is 8.84. The number of carbonyl (C=O) groups excluding carboxylic acids is 2. The Morgan fingerprint density at radius 3 is 2.48 bits per heavy atom. The molecule has 132 valence electrons. The summed E-state index contributed by atoms with van der Waals surface area (Å²) in [4.78, 5) is 34.6. The van der Waals surface area contributed by atoms with Crippen LogP contribution < -0.4 is 11.1 Å². The highest BCUT2D eigenvalue weighted by molar-refractivity contribution is 8.00. The number of ether oxygens (including phenoxy) is 1. The van der Waals surface area contributed by atoms with Crippen LogP contribution in [0.25, 0.3) is 0 Å². The van der Waals surface area contributed by atoms with Gasteiger partial charge in [0.15, 0.2) is 0 Å². The van der Waals surface area contributed by atoms with Gasteiger partial charge in [-0.1, -0.05) is 19.8 Å². The van der Waals surface area contributed by atoms with Gasteiger partial charge in [0.2, 0.25) is 5.91 Å². The normalized spacial score (nSPS) is 18.9. The van der Waals surface area contributed by atoms with Gasteiger partial charge in [0.25, 0.3) is 0 Å². The number of carboxylic acids is 1. The van der Waals surface area contributed by atoms with E-state index in [0.717, 1.165) is 12.8 Å². The Bertz CT molecular complexity index is 438. The lowest BCUT2D eigenvalue weighted by atomic mass is 10.1. The van der Waals surface area contributed by atoms with Gasteiger partial charge in [-0.05, 0) is 19.8 Å². The largest absolute Gasteiger partial charge is 0.481 e. The highest BCUT2D eigenvalue weighted by Crippen LogP contribution is 2.41. The van der Waals surface area contributed by atoms with Gasteiger partial charge < -0.3 is 20.9 Å². The molecule has 4 N–H and O–H groups in total. The van der Waals surface area contributed by atoms with Crippen molar-refractivity contribution < 1.29 is 24.2 Å². The van der Waals surface area contributed by atoms with Crippen molar-refractivity contribution in [1.29, 1.82) is 0 Å². The zero-order valence-corrected chi connectivity index (χ0v) is 14.5. The average molecular weight is 346 g/mol. The van der Waals surface area contributed by atoms with Crippen molar-refractivity contribution in [1.82, 2.24) is 5.32 Å². The van der Waals surface area contributed by atoms with Crippen LogP contribution in [0.2, 0.25) is 0 Å². The topological polar surface area (TPSA) is 119 Å². The Morgan fingerprint density at radius 2 is 1.96 bits per heavy atom. The van der Waals surface area contributed by atoms with Crippen LogP contribution in [0.1, 0.15) is 46.0 Å². The molecule has 0 heterocycles. The van der Waals surface area contributed by atoms with E-state index in [1.165, 1.54) is 12.8 Å². The lowest BCUT2D eigenvalue weighted by Crippen LogP contribution is -2.51. The fraction of sp³-hybridized carbons (Fsp3) is 0.800. The maximum Gasteiger partial charge on any atom is 0.329 e. The molecule has 0 saturated heterocycles. The summed E-state index contributed by atoms with van der Waals surface area (Å²) in [5.41, 5.74) is 5.53. The van der Waals surface area contributed by atoms with Crippen LogP contribution in [-0.4, -0.2) is 52.1 Å². The smallest absolute Gasteiger partial charge is 0.329 e. The third-order valence-corrected chi connectivity index (χ3v) is 5.48. The quantitative estimate of drug-likeness (QED) is 0.531. The molecule has 1 rings (SSSR count). The molecule has 0 aromatic carbocycles. The third-order valence-electron chi connectivity index (χ3n) is 3.88. The maximum atomic E-state index is 12.0. The van der Waals surface area contributed by atoms with Gasteiger partial charge >= 0.3 is 11.9 Å². The number of carboxylic acid groups (broad SMARTS) is 1. The van der Waals surface area contributed by atoms with Gasteiger partial charge in [-0.25, -0.2) is 4.79 Å². The predicted octanol–water partition coefficient (Wildman–Crippen LogP) is 0.902. The molecule has 0 radical (unpaired) electrons. The number of aliphatic carboxylic acids is 1. The van der Waals surface area contributed by atoms with E-state index >= 15 is 0 Å². The molecule has 0 aromatic rings. The van der Waals surface area contributed by atoms with E-state index in [2.05, 4.69) is 12.2 Å². The molecule has 23 heavy (non-hydrogen) atoms. The van der Waals surface area contributed by atoms with Gasteiger partial charge in [-0.3, -0.25) is 9.59 Å². The number of thioether (sulfide) groups is 1. The molecule has 0 unspecified atom stereocenters. The van der Waals surface area contributed by atoms with Gasteiger partial charge in [0.05, 0.1) is 19.1 Å². The van der Waals surface area contributed by atoms with Crippen LogP contribution in [0, 0.1) is 0 Å². The number of nitrogens with one attached hydrogen (secondary N) is 1. The van der Waals surface area contributed by atoms with Crippen molar-refractivity contribution in [2.24, 2.45) is 5.73 Å². The molecule has 1 aliphatic rings. The Labute approximate surface area is 140 Å². The highest BCUT2D eigenvalue weighted by atomic mass is 32.2. The second kappa shape index (κ2) is 9.12. The fourth-order valence-corrected chi connectivity index (χ4v) is 3.89. The van der Waals surface area contributed by atoms with Crippen molar-refractivity contribution in [3.05, 3.63) is 0 Å². The average Bonchev–Trinajstić information content (AvgIpc) is 2.89. The molecule has 1 aliphatic carbocycles. The van der Waals surface area contributed by atoms with E-state index in [1.54, 1.807) is 18.7 Å². The van der Waals surface area contributed by atoms with E-state index in [4.69, 9.17) is 15.6 Å². The summed E-state index contributed by atoms with van der Waals surface area (Å²) in [5.74, 6) is -1.94. The van der Waals surface area contributed by atoms with Crippen LogP contribution in [0.3, 0.4) is 0 Å². The second-order valence-electron chi connectivity index (χ2n) is 5.99. The van der Waals surface area contributed by atoms with Crippen LogP contribution in [-0.2, 0) is 19.1 Å². The Morgan fingerprint density at radius 1 is 1.35 bits per heavy atom. The molecule has 0 aliphatic heterocycles. The van der Waals surface area contributed by atoms with Crippen molar-refractivity contribution in [3.63, 3.8) is 0 Å². The minimum absolute atomic E-state index is 0.110. The lowest BCUT2D eigenvalue weighted by Gasteiger charge is -2.26. The molecular formula is C15H26N2O5S. The number of esters is 1. The lowest BCUT2D eigenvalue weighted by molar-refractivity contribution is -0.147. The molecule has 0 aromatic heterocycles. The Kier molecular flexibility index (Phi) is 7.84. The van der Waals surface area contributed by atoms with Crippen molar-refractivity contribution in [3.8, 4) is 0 Å². The Hall–Kier alpha value is -1.28. The van der Waals surface area contributed by atoms with Crippen molar-refractivity contribution in [2.45, 2.75) is 62.8 Å². The zero-order valence-electron chi connectivity index (χ0n) is 13.7. The van der Waals surface area contributed by atoms with E-state index in [1.807, 2.05) is 0 Å². The molecule has 1 amide bonds. The Balaban J connectivity index is 2.62. The van der Waals surface area contributed by atoms with Gasteiger partial charge in [0, 0.05) is 10.5 Å². The molecular weight excluding hydrogens is 320 g/mol. The maximum absolute atomic E-state index is 12.0. The summed E-state index contributed by atoms with van der Waals surface area (Å²) >= 11 is 1.64. The summed E-state index contributed by atoms with van der Waals surface area (Å²) in [6.07, 6.45) is 4.03. The van der Waals surface area contributed by atoms with Crippen LogP contribution in [0.5, 0.6) is 0 Å².